The molecule has 2 aromatic rings. The second-order valence-corrected chi connectivity index (χ2v) is 4.43. The van der Waals surface area contributed by atoms with Crippen molar-refractivity contribution >= 4 is 5.69 Å². The van der Waals surface area contributed by atoms with E-state index in [2.05, 4.69) is 60.8 Å². The Balaban J connectivity index is 2.01. The first kappa shape index (κ1) is 9.46. The summed E-state index contributed by atoms with van der Waals surface area (Å²) in [4.78, 5) is 0. The molecule has 0 saturated carbocycles. The van der Waals surface area contributed by atoms with Gasteiger partial charge in [0.05, 0.1) is 0 Å². The minimum atomic E-state index is 0.511. The van der Waals surface area contributed by atoms with Gasteiger partial charge >= 0.3 is 0 Å². The molecule has 1 heterocycles. The van der Waals surface area contributed by atoms with E-state index in [4.69, 9.17) is 0 Å². The maximum absolute atomic E-state index is 3.46. The van der Waals surface area contributed by atoms with Crippen molar-refractivity contribution in [3.8, 4) is 0 Å². The van der Waals surface area contributed by atoms with Crippen molar-refractivity contribution in [1.82, 2.24) is 0 Å². The summed E-state index contributed by atoms with van der Waals surface area (Å²) in [6.07, 6.45) is 0. The summed E-state index contributed by atoms with van der Waals surface area (Å²) >= 11 is 0. The van der Waals surface area contributed by atoms with Crippen LogP contribution in [0.1, 0.15) is 22.6 Å². The molecule has 1 unspecified atom stereocenters. The number of anilines is 1. The first-order chi connectivity index (χ1) is 7.84. The lowest BCUT2D eigenvalue weighted by Crippen LogP contribution is -2.03. The Bertz CT molecular complexity index is 499. The summed E-state index contributed by atoms with van der Waals surface area (Å²) in [6.45, 7) is 3.15. The third kappa shape index (κ3) is 1.49. The summed E-state index contributed by atoms with van der Waals surface area (Å²) in [5, 5.41) is 3.46. The Morgan fingerprint density at radius 2 is 1.75 bits per heavy atom. The van der Waals surface area contributed by atoms with Crippen molar-refractivity contribution in [3.63, 3.8) is 0 Å². The van der Waals surface area contributed by atoms with Crippen molar-refractivity contribution in [2.45, 2.75) is 12.8 Å². The van der Waals surface area contributed by atoms with Crippen LogP contribution < -0.4 is 5.32 Å². The fourth-order valence-corrected chi connectivity index (χ4v) is 2.38. The number of benzene rings is 2. The lowest BCUT2D eigenvalue weighted by Gasteiger charge is -2.10. The van der Waals surface area contributed by atoms with Gasteiger partial charge in [0, 0.05) is 18.2 Å². The van der Waals surface area contributed by atoms with Crippen molar-refractivity contribution in [3.05, 3.63) is 65.2 Å². The molecule has 1 aliphatic heterocycles. The van der Waals surface area contributed by atoms with Crippen LogP contribution in [0.15, 0.2) is 48.5 Å². The van der Waals surface area contributed by atoms with E-state index in [9.17, 15) is 0 Å². The lowest BCUT2D eigenvalue weighted by molar-refractivity contribution is 0.906. The van der Waals surface area contributed by atoms with E-state index in [0.717, 1.165) is 6.54 Å². The molecule has 3 rings (SSSR count). The van der Waals surface area contributed by atoms with Crippen LogP contribution in [0, 0.1) is 6.92 Å². The summed E-state index contributed by atoms with van der Waals surface area (Å²) in [5.74, 6) is 0.511. The molecule has 0 radical (unpaired) electrons. The van der Waals surface area contributed by atoms with E-state index in [-0.39, 0.29) is 0 Å². The molecule has 0 bridgehead atoms. The highest BCUT2D eigenvalue weighted by atomic mass is 14.9. The molecular weight excluding hydrogens is 194 g/mol. The van der Waals surface area contributed by atoms with Crippen LogP contribution in [-0.2, 0) is 0 Å². The summed E-state index contributed by atoms with van der Waals surface area (Å²) in [5.41, 5.74) is 5.44. The fraction of sp³-hybridized carbons (Fsp3) is 0.200. The maximum Gasteiger partial charge on any atom is 0.0379 e. The molecule has 0 aromatic heterocycles. The Morgan fingerprint density at radius 3 is 2.56 bits per heavy atom. The number of aryl methyl sites for hydroxylation is 1. The number of hydrogen-bond acceptors (Lipinski definition) is 1. The number of rotatable bonds is 1. The van der Waals surface area contributed by atoms with Gasteiger partial charge in [0.15, 0.2) is 0 Å². The van der Waals surface area contributed by atoms with Gasteiger partial charge in [-0.3, -0.25) is 0 Å². The fourth-order valence-electron chi connectivity index (χ4n) is 2.38. The molecule has 0 aliphatic carbocycles. The number of hydrogen-bond donors (Lipinski definition) is 1. The summed E-state index contributed by atoms with van der Waals surface area (Å²) < 4.78 is 0. The van der Waals surface area contributed by atoms with Gasteiger partial charge in [-0.25, -0.2) is 0 Å². The van der Waals surface area contributed by atoms with Crippen LogP contribution >= 0.6 is 0 Å². The van der Waals surface area contributed by atoms with Gasteiger partial charge in [-0.05, 0) is 24.1 Å². The SMILES string of the molecule is Cc1ccc(C2CNc3ccccc32)cc1. The minimum absolute atomic E-state index is 0.511. The normalized spacial score (nSPS) is 17.9. The zero-order valence-electron chi connectivity index (χ0n) is 9.40. The highest BCUT2D eigenvalue weighted by Crippen LogP contribution is 2.35. The molecule has 0 fully saturated rings. The van der Waals surface area contributed by atoms with E-state index in [1.54, 1.807) is 0 Å². The zero-order chi connectivity index (χ0) is 11.0. The molecule has 0 spiro atoms. The summed E-state index contributed by atoms with van der Waals surface area (Å²) in [6, 6.07) is 17.4. The third-order valence-electron chi connectivity index (χ3n) is 3.31. The quantitative estimate of drug-likeness (QED) is 0.757. The molecule has 1 nitrogen and oxygen atoms in total. The second-order valence-electron chi connectivity index (χ2n) is 4.43. The molecule has 1 aliphatic rings. The van der Waals surface area contributed by atoms with E-state index in [1.807, 2.05) is 0 Å². The van der Waals surface area contributed by atoms with Crippen molar-refractivity contribution in [1.29, 1.82) is 0 Å². The van der Waals surface area contributed by atoms with Gasteiger partial charge < -0.3 is 5.32 Å². The molecule has 0 amide bonds. The standard InChI is InChI=1S/C15H15N/c1-11-6-8-12(9-7-11)14-10-16-15-5-3-2-4-13(14)15/h2-9,14,16H,10H2,1H3. The largest absolute Gasteiger partial charge is 0.384 e. The molecule has 1 heteroatoms. The van der Waals surface area contributed by atoms with Crippen molar-refractivity contribution in [2.24, 2.45) is 0 Å². The minimum Gasteiger partial charge on any atom is -0.384 e. The average Bonchev–Trinajstić information content (AvgIpc) is 2.74. The Morgan fingerprint density at radius 1 is 1.00 bits per heavy atom. The van der Waals surface area contributed by atoms with Gasteiger partial charge in [0.1, 0.15) is 0 Å². The molecule has 1 atom stereocenters. The van der Waals surface area contributed by atoms with E-state index in [1.165, 1.54) is 22.4 Å². The first-order valence-corrected chi connectivity index (χ1v) is 5.74. The predicted molar refractivity (Wildman–Crippen MR) is 68.0 cm³/mol. The van der Waals surface area contributed by atoms with Crippen molar-refractivity contribution < 1.29 is 0 Å². The Kier molecular flexibility index (Phi) is 2.17. The molecule has 16 heavy (non-hydrogen) atoms. The van der Waals surface area contributed by atoms with Gasteiger partial charge in [-0.15, -0.1) is 0 Å². The summed E-state index contributed by atoms with van der Waals surface area (Å²) in [7, 11) is 0. The van der Waals surface area contributed by atoms with Crippen LogP contribution in [0.2, 0.25) is 0 Å². The van der Waals surface area contributed by atoms with Crippen LogP contribution in [0.4, 0.5) is 5.69 Å². The van der Waals surface area contributed by atoms with Crippen LogP contribution in [0.5, 0.6) is 0 Å². The smallest absolute Gasteiger partial charge is 0.0379 e. The van der Waals surface area contributed by atoms with Crippen LogP contribution in [-0.4, -0.2) is 6.54 Å². The highest BCUT2D eigenvalue weighted by Gasteiger charge is 2.22. The molecular formula is C15H15N. The molecule has 1 N–H and O–H groups in total. The van der Waals surface area contributed by atoms with Gasteiger partial charge in [0.25, 0.3) is 0 Å². The van der Waals surface area contributed by atoms with Gasteiger partial charge in [-0.1, -0.05) is 48.0 Å². The Hall–Kier alpha value is -1.76. The lowest BCUT2D eigenvalue weighted by atomic mass is 9.93. The zero-order valence-corrected chi connectivity index (χ0v) is 9.40. The number of fused-ring (bicyclic) bond motifs is 1. The Labute approximate surface area is 96.1 Å². The topological polar surface area (TPSA) is 12.0 Å². The van der Waals surface area contributed by atoms with Crippen LogP contribution in [0.3, 0.4) is 0 Å². The second kappa shape index (κ2) is 3.67. The monoisotopic (exact) mass is 209 g/mol. The molecule has 0 saturated heterocycles. The molecule has 80 valence electrons. The average molecular weight is 209 g/mol. The highest BCUT2D eigenvalue weighted by molar-refractivity contribution is 5.60. The van der Waals surface area contributed by atoms with E-state index >= 15 is 0 Å². The number of nitrogens with one attached hydrogen (secondary N) is 1. The number of para-hydroxylation sites is 1. The van der Waals surface area contributed by atoms with Gasteiger partial charge in [-0.2, -0.15) is 0 Å². The first-order valence-electron chi connectivity index (χ1n) is 5.74. The van der Waals surface area contributed by atoms with Crippen LogP contribution in [0.25, 0.3) is 0 Å². The van der Waals surface area contributed by atoms with E-state index in [0.29, 0.717) is 5.92 Å². The van der Waals surface area contributed by atoms with E-state index < -0.39 is 0 Å². The maximum atomic E-state index is 3.46. The third-order valence-corrected chi connectivity index (χ3v) is 3.31. The van der Waals surface area contributed by atoms with Crippen molar-refractivity contribution in [2.75, 3.05) is 11.9 Å². The molecule has 2 aromatic carbocycles. The predicted octanol–water partition coefficient (Wildman–Crippen LogP) is 3.55. The van der Waals surface area contributed by atoms with Gasteiger partial charge in [0.2, 0.25) is 0 Å².